The Morgan fingerprint density at radius 2 is 2.00 bits per heavy atom. The van der Waals surface area contributed by atoms with E-state index in [9.17, 15) is 17.2 Å². The maximum atomic E-state index is 11.3. The Hall–Kier alpha value is -0.230. The van der Waals surface area contributed by atoms with Crippen LogP contribution in [0.1, 0.15) is 6.92 Å². The summed E-state index contributed by atoms with van der Waals surface area (Å²) in [6.07, 6.45) is 0. The number of nitrogens with one attached hydrogen (secondary N) is 1. The third-order valence-corrected chi connectivity index (χ3v) is 1.74. The second kappa shape index (κ2) is 3.07. The first-order chi connectivity index (χ1) is 4.00. The molecule has 0 spiro atoms. The van der Waals surface area contributed by atoms with Gasteiger partial charge in [0.05, 0.1) is 0 Å². The Labute approximate surface area is 52.1 Å². The monoisotopic (exact) mass is 159 g/mol. The minimum Gasteiger partial charge on any atom is -0.211 e. The van der Waals surface area contributed by atoms with Gasteiger partial charge in [-0.1, -0.05) is 6.92 Å². The third-order valence-electron chi connectivity index (χ3n) is 0.580. The summed E-state index contributed by atoms with van der Waals surface area (Å²) in [5, 5.41) is 0. The van der Waals surface area contributed by atoms with Crippen molar-refractivity contribution in [3.8, 4) is 0 Å². The summed E-state index contributed by atoms with van der Waals surface area (Å²) >= 11 is 0. The summed E-state index contributed by atoms with van der Waals surface area (Å²) in [6, 6.07) is 0. The molecule has 0 unspecified atom stereocenters. The van der Waals surface area contributed by atoms with E-state index in [1.165, 1.54) is 6.92 Å². The van der Waals surface area contributed by atoms with Gasteiger partial charge in [-0.2, -0.15) is 8.78 Å². The van der Waals surface area contributed by atoms with Crippen LogP contribution in [0.15, 0.2) is 0 Å². The van der Waals surface area contributed by atoms with E-state index in [-0.39, 0.29) is 6.54 Å². The third kappa shape index (κ3) is 2.71. The van der Waals surface area contributed by atoms with E-state index in [1.807, 2.05) is 0 Å². The summed E-state index contributed by atoms with van der Waals surface area (Å²) in [7, 11) is -4.33. The fourth-order valence-electron chi connectivity index (χ4n) is 0.264. The van der Waals surface area contributed by atoms with Crippen molar-refractivity contribution >= 4 is 10.0 Å². The van der Waals surface area contributed by atoms with Crippen LogP contribution in [0.2, 0.25) is 0 Å². The molecule has 0 aliphatic rings. The van der Waals surface area contributed by atoms with Crippen molar-refractivity contribution in [2.75, 3.05) is 6.54 Å². The molecule has 0 radical (unpaired) electrons. The van der Waals surface area contributed by atoms with E-state index in [2.05, 4.69) is 0 Å². The Morgan fingerprint density at radius 1 is 1.56 bits per heavy atom. The fraction of sp³-hybridized carbons (Fsp3) is 1.00. The van der Waals surface area contributed by atoms with Gasteiger partial charge in [0.15, 0.2) is 0 Å². The van der Waals surface area contributed by atoms with Crippen molar-refractivity contribution in [1.29, 1.82) is 0 Å². The number of halogens is 2. The first-order valence-corrected chi connectivity index (χ1v) is 3.82. The van der Waals surface area contributed by atoms with Gasteiger partial charge in [0.1, 0.15) is 0 Å². The Balaban J connectivity index is 4.05. The maximum absolute atomic E-state index is 11.3. The van der Waals surface area contributed by atoms with Crippen molar-refractivity contribution < 1.29 is 17.2 Å². The molecule has 0 aliphatic heterocycles. The molecule has 0 saturated carbocycles. The molecule has 0 aliphatic carbocycles. The predicted molar refractivity (Wildman–Crippen MR) is 28.6 cm³/mol. The highest BCUT2D eigenvalue weighted by Gasteiger charge is 2.21. The van der Waals surface area contributed by atoms with E-state index in [4.69, 9.17) is 0 Å². The van der Waals surface area contributed by atoms with Gasteiger partial charge in [0.2, 0.25) is 0 Å². The summed E-state index contributed by atoms with van der Waals surface area (Å²) in [5.74, 6) is -3.32. The smallest absolute Gasteiger partial charge is 0.211 e. The Kier molecular flexibility index (Phi) is 2.99. The zero-order chi connectivity index (χ0) is 7.49. The zero-order valence-electron chi connectivity index (χ0n) is 4.77. The second-order valence-corrected chi connectivity index (χ2v) is 3.04. The molecule has 0 amide bonds. The van der Waals surface area contributed by atoms with Gasteiger partial charge in [-0.25, -0.2) is 13.1 Å². The van der Waals surface area contributed by atoms with E-state index in [1.54, 1.807) is 4.72 Å². The molecule has 0 aromatic heterocycles. The van der Waals surface area contributed by atoms with Crippen LogP contribution in [0.5, 0.6) is 0 Å². The van der Waals surface area contributed by atoms with Crippen molar-refractivity contribution in [1.82, 2.24) is 4.72 Å². The van der Waals surface area contributed by atoms with Gasteiger partial charge in [-0.3, -0.25) is 0 Å². The van der Waals surface area contributed by atoms with Gasteiger partial charge < -0.3 is 0 Å². The topological polar surface area (TPSA) is 46.2 Å². The van der Waals surface area contributed by atoms with Crippen LogP contribution in [-0.4, -0.2) is 20.7 Å². The molecule has 0 rings (SSSR count). The van der Waals surface area contributed by atoms with Crippen LogP contribution >= 0.6 is 0 Å². The van der Waals surface area contributed by atoms with Crippen LogP contribution in [0.25, 0.3) is 0 Å². The lowest BCUT2D eigenvalue weighted by Crippen LogP contribution is -2.28. The average molecular weight is 159 g/mol. The summed E-state index contributed by atoms with van der Waals surface area (Å²) in [6.45, 7) is 1.42. The Morgan fingerprint density at radius 3 is 2.11 bits per heavy atom. The molecule has 3 nitrogen and oxygen atoms in total. The largest absolute Gasteiger partial charge is 0.350 e. The molecule has 0 heterocycles. The van der Waals surface area contributed by atoms with Crippen LogP contribution in [0.4, 0.5) is 8.78 Å². The van der Waals surface area contributed by atoms with Gasteiger partial charge in [-0.15, -0.1) is 0 Å². The average Bonchev–Trinajstić information content (AvgIpc) is 1.65. The van der Waals surface area contributed by atoms with Crippen LogP contribution in [0, 0.1) is 0 Å². The molecule has 0 atom stereocenters. The first kappa shape index (κ1) is 8.77. The summed E-state index contributed by atoms with van der Waals surface area (Å²) in [5.41, 5.74) is 0. The van der Waals surface area contributed by atoms with Crippen molar-refractivity contribution in [2.45, 2.75) is 12.7 Å². The molecule has 1 N–H and O–H groups in total. The molecular formula is C3H7F2NO2S. The molecular weight excluding hydrogens is 152 g/mol. The minimum absolute atomic E-state index is 0.00727. The highest BCUT2D eigenvalue weighted by atomic mass is 32.2. The molecule has 9 heavy (non-hydrogen) atoms. The number of rotatable bonds is 3. The lowest BCUT2D eigenvalue weighted by molar-refractivity contribution is 0.232. The van der Waals surface area contributed by atoms with E-state index in [0.717, 1.165) is 0 Å². The SMILES string of the molecule is CCNS(=O)(=O)C(F)F. The number of hydrogen-bond donors (Lipinski definition) is 1. The normalized spacial score (nSPS) is 12.4. The van der Waals surface area contributed by atoms with Crippen molar-refractivity contribution in [3.63, 3.8) is 0 Å². The zero-order valence-corrected chi connectivity index (χ0v) is 5.58. The van der Waals surface area contributed by atoms with Crippen LogP contribution in [-0.2, 0) is 10.0 Å². The highest BCUT2D eigenvalue weighted by Crippen LogP contribution is 1.99. The van der Waals surface area contributed by atoms with Gasteiger partial charge >= 0.3 is 5.76 Å². The van der Waals surface area contributed by atoms with E-state index >= 15 is 0 Å². The van der Waals surface area contributed by atoms with Gasteiger partial charge in [-0.05, 0) is 0 Å². The van der Waals surface area contributed by atoms with Crippen molar-refractivity contribution in [3.05, 3.63) is 0 Å². The molecule has 0 saturated heterocycles. The molecule has 0 fully saturated rings. The lowest BCUT2D eigenvalue weighted by atomic mass is 10.8. The van der Waals surface area contributed by atoms with Crippen LogP contribution < -0.4 is 4.72 Å². The standard InChI is InChI=1S/C3H7F2NO2S/c1-2-6-9(7,8)3(4)5/h3,6H,2H2,1H3. The maximum Gasteiger partial charge on any atom is 0.350 e. The number of hydrogen-bond acceptors (Lipinski definition) is 2. The molecule has 0 aromatic carbocycles. The predicted octanol–water partition coefficient (Wildman–Crippen LogP) is 0.148. The summed E-state index contributed by atoms with van der Waals surface area (Å²) in [4.78, 5) is 0. The number of sulfonamides is 1. The molecule has 56 valence electrons. The van der Waals surface area contributed by atoms with Gasteiger partial charge in [0, 0.05) is 6.54 Å². The fourth-order valence-corrected chi connectivity index (χ4v) is 0.793. The van der Waals surface area contributed by atoms with E-state index < -0.39 is 15.8 Å². The first-order valence-electron chi connectivity index (χ1n) is 2.27. The summed E-state index contributed by atoms with van der Waals surface area (Å²) < 4.78 is 44.5. The van der Waals surface area contributed by atoms with E-state index in [0.29, 0.717) is 0 Å². The van der Waals surface area contributed by atoms with Gasteiger partial charge in [0.25, 0.3) is 10.0 Å². The second-order valence-electron chi connectivity index (χ2n) is 1.30. The molecule has 0 aromatic rings. The molecule has 6 heteroatoms. The number of alkyl halides is 2. The highest BCUT2D eigenvalue weighted by molar-refractivity contribution is 7.89. The lowest BCUT2D eigenvalue weighted by Gasteiger charge is -1.99. The quantitative estimate of drug-likeness (QED) is 0.637. The molecule has 0 bridgehead atoms. The van der Waals surface area contributed by atoms with Crippen LogP contribution in [0.3, 0.4) is 0 Å². The Bertz CT molecular complexity index is 165. The van der Waals surface area contributed by atoms with Crippen molar-refractivity contribution in [2.24, 2.45) is 0 Å². The minimum atomic E-state index is -4.33.